The minimum absolute atomic E-state index is 0.0151. The Kier molecular flexibility index (Phi) is 5.86. The van der Waals surface area contributed by atoms with Gasteiger partial charge in [0.05, 0.1) is 49.9 Å². The van der Waals surface area contributed by atoms with Crippen LogP contribution in [0.2, 0.25) is 0 Å². The van der Waals surface area contributed by atoms with Gasteiger partial charge < -0.3 is 24.0 Å². The molecule has 1 N–H and O–H groups in total. The van der Waals surface area contributed by atoms with Crippen LogP contribution in [0.25, 0.3) is 11.8 Å². The molecule has 3 aromatic rings. The number of hydrogen-bond donors (Lipinski definition) is 1. The highest BCUT2D eigenvalue weighted by Crippen LogP contribution is 2.39. The molecule has 180 valence electrons. The van der Waals surface area contributed by atoms with E-state index in [1.807, 2.05) is 40.8 Å². The number of aryl methyl sites for hydroxylation is 1. The molecule has 1 aromatic heterocycles. The lowest BCUT2D eigenvalue weighted by Crippen LogP contribution is -2.59. The summed E-state index contributed by atoms with van der Waals surface area (Å²) in [4.78, 5) is 23.1. The van der Waals surface area contributed by atoms with Crippen molar-refractivity contribution in [3.8, 4) is 11.4 Å². The predicted molar refractivity (Wildman–Crippen MR) is 128 cm³/mol. The Balaban J connectivity index is 1.54. The third kappa shape index (κ3) is 4.08. The maximum Gasteiger partial charge on any atom is 0.250 e. The molecule has 5 rings (SSSR count). The number of methoxy groups -OCH3 is 1. The van der Waals surface area contributed by atoms with Gasteiger partial charge in [0.15, 0.2) is 11.6 Å². The summed E-state index contributed by atoms with van der Waals surface area (Å²) < 4.78 is 27.0. The number of carbonyl (C=O) groups excluding carboxylic acids is 1. The van der Waals surface area contributed by atoms with Crippen molar-refractivity contribution < 1.29 is 23.8 Å². The lowest BCUT2D eigenvalue weighted by Gasteiger charge is -2.48. The number of nitrogens with zero attached hydrogens (tertiary/aromatic N) is 4. The Morgan fingerprint density at radius 3 is 2.74 bits per heavy atom. The van der Waals surface area contributed by atoms with E-state index in [1.165, 1.54) is 12.1 Å². The third-order valence-electron chi connectivity index (χ3n) is 6.37. The third-order valence-corrected chi connectivity index (χ3v) is 6.37. The van der Waals surface area contributed by atoms with E-state index >= 15 is 0 Å². The molecule has 2 aromatic carbocycles. The van der Waals surface area contributed by atoms with Crippen LogP contribution in [0.15, 0.2) is 65.7 Å². The number of halogens is 1. The van der Waals surface area contributed by atoms with Crippen molar-refractivity contribution in [2.75, 3.05) is 26.9 Å². The summed E-state index contributed by atoms with van der Waals surface area (Å²) in [6, 6.07) is 11.5. The molecule has 1 fully saturated rings. The molecule has 0 aliphatic carbocycles. The molecule has 3 heterocycles. The van der Waals surface area contributed by atoms with Crippen LogP contribution in [0.5, 0.6) is 5.75 Å². The fraction of sp³-hybridized carbons (Fsp3) is 0.269. The number of fused-ring (bicyclic) bond motifs is 1. The van der Waals surface area contributed by atoms with Gasteiger partial charge in [0, 0.05) is 6.20 Å². The molecule has 0 spiro atoms. The van der Waals surface area contributed by atoms with Gasteiger partial charge in [-0.25, -0.2) is 9.37 Å². The number of aliphatic hydroxyl groups is 1. The minimum Gasteiger partial charge on any atom is -0.495 e. The zero-order valence-electron chi connectivity index (χ0n) is 19.4. The van der Waals surface area contributed by atoms with Gasteiger partial charge in [-0.1, -0.05) is 18.2 Å². The Labute approximate surface area is 202 Å². The van der Waals surface area contributed by atoms with Crippen molar-refractivity contribution in [3.05, 3.63) is 83.4 Å². The monoisotopic (exact) mass is 476 g/mol. The van der Waals surface area contributed by atoms with Crippen LogP contribution in [-0.4, -0.2) is 58.2 Å². The average Bonchev–Trinajstić information content (AvgIpc) is 3.30. The SMILES string of the molecule is COc1cc(/C=C2\OCCN3C2=NC(=O)CC3(CO)c2ccc(F)cc2)ccc1-n1cnc(C)c1. The first-order valence-corrected chi connectivity index (χ1v) is 11.2. The highest BCUT2D eigenvalue weighted by Gasteiger charge is 2.47. The van der Waals surface area contributed by atoms with E-state index in [-0.39, 0.29) is 24.8 Å². The van der Waals surface area contributed by atoms with Crippen LogP contribution < -0.4 is 4.74 Å². The second-order valence-electron chi connectivity index (χ2n) is 8.56. The topological polar surface area (TPSA) is 89.2 Å². The first-order chi connectivity index (χ1) is 16.9. The number of amidine groups is 1. The fourth-order valence-electron chi connectivity index (χ4n) is 4.64. The van der Waals surface area contributed by atoms with E-state index in [0.29, 0.717) is 36.1 Å². The maximum atomic E-state index is 13.6. The molecule has 8 nitrogen and oxygen atoms in total. The van der Waals surface area contributed by atoms with Crippen LogP contribution in [0.4, 0.5) is 4.39 Å². The van der Waals surface area contributed by atoms with Crippen LogP contribution in [0, 0.1) is 12.7 Å². The molecule has 1 atom stereocenters. The normalized spacial score (nSPS) is 20.9. The van der Waals surface area contributed by atoms with Crippen molar-refractivity contribution in [2.24, 2.45) is 4.99 Å². The number of rotatable bonds is 5. The van der Waals surface area contributed by atoms with E-state index in [0.717, 1.165) is 16.9 Å². The number of aromatic nitrogens is 2. The number of amides is 1. The van der Waals surface area contributed by atoms with Gasteiger partial charge >= 0.3 is 0 Å². The van der Waals surface area contributed by atoms with Crippen LogP contribution in [-0.2, 0) is 15.1 Å². The number of imidazole rings is 1. The molecule has 0 bridgehead atoms. The van der Waals surface area contributed by atoms with E-state index in [2.05, 4.69) is 9.98 Å². The van der Waals surface area contributed by atoms with Gasteiger partial charge in [-0.05, 0) is 48.4 Å². The molecular formula is C26H25FN4O4. The van der Waals surface area contributed by atoms with Gasteiger partial charge in [0.1, 0.15) is 18.2 Å². The summed E-state index contributed by atoms with van der Waals surface area (Å²) in [6.45, 7) is 2.34. The molecule has 0 saturated carbocycles. The molecule has 9 heteroatoms. The van der Waals surface area contributed by atoms with E-state index in [4.69, 9.17) is 9.47 Å². The van der Waals surface area contributed by atoms with Gasteiger partial charge in [-0.3, -0.25) is 4.79 Å². The maximum absolute atomic E-state index is 13.6. The second-order valence-corrected chi connectivity index (χ2v) is 8.56. The van der Waals surface area contributed by atoms with E-state index in [9.17, 15) is 14.3 Å². The molecular weight excluding hydrogens is 451 g/mol. The fourth-order valence-corrected chi connectivity index (χ4v) is 4.64. The van der Waals surface area contributed by atoms with Crippen molar-refractivity contribution in [1.29, 1.82) is 0 Å². The van der Waals surface area contributed by atoms with E-state index in [1.54, 1.807) is 31.6 Å². The first-order valence-electron chi connectivity index (χ1n) is 11.2. The summed E-state index contributed by atoms with van der Waals surface area (Å²) in [5, 5.41) is 10.5. The largest absolute Gasteiger partial charge is 0.495 e. The van der Waals surface area contributed by atoms with E-state index < -0.39 is 5.54 Å². The smallest absolute Gasteiger partial charge is 0.250 e. The van der Waals surface area contributed by atoms with Gasteiger partial charge in [0.25, 0.3) is 5.91 Å². The highest BCUT2D eigenvalue weighted by molar-refractivity contribution is 6.08. The minimum atomic E-state index is -1.05. The Morgan fingerprint density at radius 2 is 2.06 bits per heavy atom. The summed E-state index contributed by atoms with van der Waals surface area (Å²) in [5.74, 6) is 0.636. The summed E-state index contributed by atoms with van der Waals surface area (Å²) in [5.41, 5.74) is 2.11. The Morgan fingerprint density at radius 1 is 1.26 bits per heavy atom. The quantitative estimate of drug-likeness (QED) is 0.608. The molecule has 0 radical (unpaired) electrons. The van der Waals surface area contributed by atoms with Crippen molar-refractivity contribution >= 4 is 17.8 Å². The van der Waals surface area contributed by atoms with Crippen LogP contribution in [0.1, 0.15) is 23.2 Å². The standard InChI is InChI=1S/C26H25FN4O4/c1-17-14-30(16-28-17)21-8-3-18(11-22(21)34-2)12-23-25-29-24(33)13-26(15-32,31(25)9-10-35-23)19-4-6-20(27)7-5-19/h3-8,11-12,14,16,32H,9-10,13,15H2,1-2H3/b23-12-. The Bertz CT molecular complexity index is 1330. The lowest BCUT2D eigenvalue weighted by atomic mass is 9.83. The molecule has 35 heavy (non-hydrogen) atoms. The Hall–Kier alpha value is -3.98. The first kappa shape index (κ1) is 22.8. The van der Waals surface area contributed by atoms with Crippen molar-refractivity contribution in [1.82, 2.24) is 14.5 Å². The number of aliphatic imine (C=N–C) groups is 1. The lowest BCUT2D eigenvalue weighted by molar-refractivity contribution is -0.123. The van der Waals surface area contributed by atoms with Gasteiger partial charge in [-0.15, -0.1) is 0 Å². The molecule has 2 aliphatic heterocycles. The number of aliphatic hydroxyl groups excluding tert-OH is 1. The molecule has 1 saturated heterocycles. The number of hydrogen-bond acceptors (Lipinski definition) is 6. The van der Waals surface area contributed by atoms with Crippen molar-refractivity contribution in [2.45, 2.75) is 18.9 Å². The van der Waals surface area contributed by atoms with Crippen LogP contribution in [0.3, 0.4) is 0 Å². The zero-order valence-corrected chi connectivity index (χ0v) is 19.4. The zero-order chi connectivity index (χ0) is 24.6. The number of carbonyl (C=O) groups is 1. The van der Waals surface area contributed by atoms with Crippen LogP contribution >= 0.6 is 0 Å². The number of ether oxygens (including phenoxy) is 2. The van der Waals surface area contributed by atoms with Crippen molar-refractivity contribution in [3.63, 3.8) is 0 Å². The average molecular weight is 477 g/mol. The summed E-state index contributed by atoms with van der Waals surface area (Å²) in [7, 11) is 1.60. The summed E-state index contributed by atoms with van der Waals surface area (Å²) in [6.07, 6.45) is 5.41. The molecule has 1 amide bonds. The summed E-state index contributed by atoms with van der Waals surface area (Å²) >= 11 is 0. The molecule has 2 aliphatic rings. The number of morpholine rings is 1. The van der Waals surface area contributed by atoms with Gasteiger partial charge in [-0.2, -0.15) is 4.99 Å². The molecule has 1 unspecified atom stereocenters. The highest BCUT2D eigenvalue weighted by atomic mass is 19.1. The predicted octanol–water partition coefficient (Wildman–Crippen LogP) is 3.22. The second kappa shape index (κ2) is 8.99. The number of benzene rings is 2. The van der Waals surface area contributed by atoms with Gasteiger partial charge in [0.2, 0.25) is 0 Å².